The number of nitrogens with zero attached hydrogens (tertiary/aromatic N) is 5. The zero-order chi connectivity index (χ0) is 15.0. The van der Waals surface area contributed by atoms with Crippen LogP contribution in [0.15, 0.2) is 33.6 Å². The number of rotatable bonds is 4. The number of aromatic amines is 1. The van der Waals surface area contributed by atoms with Gasteiger partial charge < -0.3 is 9.83 Å². The molecule has 4 N–H and O–H groups in total. The van der Waals surface area contributed by atoms with Crippen LogP contribution < -0.4 is 17.0 Å². The second-order valence-electron chi connectivity index (χ2n) is 4.61. The highest BCUT2D eigenvalue weighted by Gasteiger charge is 2.16. The highest BCUT2D eigenvalue weighted by atomic mass is 32.2. The first-order chi connectivity index (χ1) is 10.1. The maximum absolute atomic E-state index is 11.8. The Morgan fingerprint density at radius 3 is 3.00 bits per heavy atom. The summed E-state index contributed by atoms with van der Waals surface area (Å²) in [5.74, 6) is 5.92. The molecule has 3 heterocycles. The summed E-state index contributed by atoms with van der Waals surface area (Å²) in [6.07, 6.45) is 5.19. The lowest BCUT2D eigenvalue weighted by molar-refractivity contribution is 0.534. The summed E-state index contributed by atoms with van der Waals surface area (Å²) in [6.45, 7) is 3.83. The first kappa shape index (κ1) is 13.6. The van der Waals surface area contributed by atoms with Crippen LogP contribution in [-0.2, 0) is 0 Å². The van der Waals surface area contributed by atoms with Crippen molar-refractivity contribution < 1.29 is 0 Å². The Bertz CT molecular complexity index is 832. The van der Waals surface area contributed by atoms with Crippen molar-refractivity contribution in [2.45, 2.75) is 30.1 Å². The Balaban J connectivity index is 2.10. The van der Waals surface area contributed by atoms with E-state index in [-0.39, 0.29) is 11.7 Å². The molecule has 0 aromatic carbocycles. The van der Waals surface area contributed by atoms with Crippen molar-refractivity contribution in [3.05, 3.63) is 29.1 Å². The Morgan fingerprint density at radius 1 is 1.48 bits per heavy atom. The van der Waals surface area contributed by atoms with Crippen molar-refractivity contribution >= 4 is 23.2 Å². The monoisotopic (exact) mass is 306 g/mol. The van der Waals surface area contributed by atoms with E-state index >= 15 is 0 Å². The Kier molecular flexibility index (Phi) is 3.39. The third kappa shape index (κ3) is 2.38. The number of fused-ring (bicyclic) bond motifs is 1. The number of H-pyrrole nitrogens is 1. The van der Waals surface area contributed by atoms with E-state index in [1.807, 2.05) is 13.8 Å². The van der Waals surface area contributed by atoms with Crippen molar-refractivity contribution in [3.8, 4) is 0 Å². The number of hydrogen-bond acceptors (Lipinski definition) is 7. The van der Waals surface area contributed by atoms with Crippen LogP contribution in [0.5, 0.6) is 0 Å². The average Bonchev–Trinajstić information content (AvgIpc) is 3.05. The van der Waals surface area contributed by atoms with Crippen LogP contribution >= 0.6 is 11.8 Å². The van der Waals surface area contributed by atoms with E-state index in [9.17, 15) is 4.79 Å². The SMILES string of the molecule is CC(C)n1c(Sc2nc(NN)cn3ccnc23)n[nH]c1=O. The fourth-order valence-corrected chi connectivity index (χ4v) is 2.99. The number of aromatic nitrogens is 6. The fourth-order valence-electron chi connectivity index (χ4n) is 1.94. The molecule has 0 atom stereocenters. The minimum atomic E-state index is -0.250. The molecule has 110 valence electrons. The number of anilines is 1. The first-order valence-electron chi connectivity index (χ1n) is 6.25. The molecular formula is C11H14N8OS. The van der Waals surface area contributed by atoms with Crippen LogP contribution in [0.4, 0.5) is 5.82 Å². The maximum atomic E-state index is 11.8. The number of imidazole rings is 1. The number of hydrogen-bond donors (Lipinski definition) is 3. The quantitative estimate of drug-likeness (QED) is 0.478. The maximum Gasteiger partial charge on any atom is 0.344 e. The lowest BCUT2D eigenvalue weighted by Crippen LogP contribution is -2.19. The molecule has 0 spiro atoms. The molecule has 10 heteroatoms. The van der Waals surface area contributed by atoms with Gasteiger partial charge in [0.1, 0.15) is 5.03 Å². The molecular weight excluding hydrogens is 292 g/mol. The van der Waals surface area contributed by atoms with Gasteiger partial charge in [0.2, 0.25) is 0 Å². The minimum Gasteiger partial charge on any atom is -0.307 e. The fraction of sp³-hybridized carbons (Fsp3) is 0.273. The molecule has 9 nitrogen and oxygen atoms in total. The van der Waals surface area contributed by atoms with Gasteiger partial charge in [0.25, 0.3) is 0 Å². The van der Waals surface area contributed by atoms with E-state index in [4.69, 9.17) is 5.84 Å². The zero-order valence-corrected chi connectivity index (χ0v) is 12.3. The molecule has 3 rings (SSSR count). The standard InChI is InChI=1S/C11H14N8OS/c1-6(2)19-10(20)16-17-11(19)21-9-8-13-3-4-18(8)5-7(14-9)15-12/h3-6,15H,12H2,1-2H3,(H,16,20). The lowest BCUT2D eigenvalue weighted by atomic mass is 10.4. The highest BCUT2D eigenvalue weighted by molar-refractivity contribution is 7.99. The van der Waals surface area contributed by atoms with Crippen LogP contribution in [0.1, 0.15) is 19.9 Å². The molecule has 3 aromatic heterocycles. The molecule has 0 unspecified atom stereocenters. The number of nitrogens with two attached hydrogens (primary N) is 1. The third-order valence-electron chi connectivity index (χ3n) is 2.87. The van der Waals surface area contributed by atoms with Gasteiger partial charge in [-0.05, 0) is 25.6 Å². The van der Waals surface area contributed by atoms with Crippen LogP contribution in [0.3, 0.4) is 0 Å². The van der Waals surface area contributed by atoms with Crippen LogP contribution in [-0.4, -0.2) is 29.1 Å². The summed E-state index contributed by atoms with van der Waals surface area (Å²) in [4.78, 5) is 20.4. The minimum absolute atomic E-state index is 0.00895. The second kappa shape index (κ2) is 5.22. The molecule has 0 aliphatic rings. The predicted octanol–water partition coefficient (Wildman–Crippen LogP) is 0.632. The summed E-state index contributed by atoms with van der Waals surface area (Å²) in [6, 6.07) is -0.00895. The van der Waals surface area contributed by atoms with E-state index in [2.05, 4.69) is 25.6 Å². The van der Waals surface area contributed by atoms with Gasteiger partial charge in [-0.2, -0.15) is 0 Å². The smallest absolute Gasteiger partial charge is 0.307 e. The summed E-state index contributed by atoms with van der Waals surface area (Å²) in [7, 11) is 0. The van der Waals surface area contributed by atoms with Crippen molar-refractivity contribution in [1.82, 2.24) is 29.1 Å². The van der Waals surface area contributed by atoms with Gasteiger partial charge in [-0.15, -0.1) is 5.10 Å². The van der Waals surface area contributed by atoms with Gasteiger partial charge >= 0.3 is 5.69 Å². The van der Waals surface area contributed by atoms with E-state index in [1.165, 1.54) is 11.8 Å². The van der Waals surface area contributed by atoms with E-state index in [0.717, 1.165) is 0 Å². The summed E-state index contributed by atoms with van der Waals surface area (Å²) >= 11 is 1.26. The molecule has 0 aliphatic carbocycles. The van der Waals surface area contributed by atoms with Gasteiger partial charge in [0, 0.05) is 18.4 Å². The molecule has 0 aliphatic heterocycles. The Hall–Kier alpha value is -2.33. The third-order valence-corrected chi connectivity index (χ3v) is 3.81. The van der Waals surface area contributed by atoms with Gasteiger partial charge in [-0.3, -0.25) is 4.57 Å². The average molecular weight is 306 g/mol. The molecule has 3 aromatic rings. The summed E-state index contributed by atoms with van der Waals surface area (Å²) in [5.41, 5.74) is 2.93. The normalized spacial score (nSPS) is 11.4. The van der Waals surface area contributed by atoms with Gasteiger partial charge in [0.05, 0.1) is 6.20 Å². The van der Waals surface area contributed by atoms with Crippen LogP contribution in [0.25, 0.3) is 5.65 Å². The topological polar surface area (TPSA) is 119 Å². The highest BCUT2D eigenvalue weighted by Crippen LogP contribution is 2.28. The zero-order valence-electron chi connectivity index (χ0n) is 11.4. The summed E-state index contributed by atoms with van der Waals surface area (Å²) < 4.78 is 3.36. The van der Waals surface area contributed by atoms with Gasteiger partial charge in [-0.25, -0.2) is 25.7 Å². The largest absolute Gasteiger partial charge is 0.344 e. The van der Waals surface area contributed by atoms with E-state index < -0.39 is 0 Å². The summed E-state index contributed by atoms with van der Waals surface area (Å²) in [5, 5.41) is 7.63. The second-order valence-corrected chi connectivity index (χ2v) is 5.57. The van der Waals surface area contributed by atoms with Gasteiger partial charge in [-0.1, -0.05) is 0 Å². The molecule has 0 saturated carbocycles. The van der Waals surface area contributed by atoms with Crippen LogP contribution in [0, 0.1) is 0 Å². The van der Waals surface area contributed by atoms with Crippen molar-refractivity contribution in [3.63, 3.8) is 0 Å². The van der Waals surface area contributed by atoms with Gasteiger partial charge in [0.15, 0.2) is 16.6 Å². The number of nitrogens with one attached hydrogen (secondary N) is 2. The molecule has 0 amide bonds. The number of hydrazine groups is 1. The van der Waals surface area contributed by atoms with E-state index in [1.54, 1.807) is 27.6 Å². The van der Waals surface area contributed by atoms with Crippen LogP contribution in [0.2, 0.25) is 0 Å². The Morgan fingerprint density at radius 2 is 2.29 bits per heavy atom. The van der Waals surface area contributed by atoms with Crippen molar-refractivity contribution in [1.29, 1.82) is 0 Å². The van der Waals surface area contributed by atoms with E-state index in [0.29, 0.717) is 21.6 Å². The molecule has 0 bridgehead atoms. The molecule has 0 saturated heterocycles. The molecule has 21 heavy (non-hydrogen) atoms. The number of nitrogen functional groups attached to an aromatic ring is 1. The Labute approximate surface area is 123 Å². The first-order valence-corrected chi connectivity index (χ1v) is 7.07. The van der Waals surface area contributed by atoms with Crippen molar-refractivity contribution in [2.24, 2.45) is 5.84 Å². The lowest BCUT2D eigenvalue weighted by Gasteiger charge is -2.09. The molecule has 0 radical (unpaired) electrons. The predicted molar refractivity (Wildman–Crippen MR) is 78.2 cm³/mol. The van der Waals surface area contributed by atoms with Crippen molar-refractivity contribution in [2.75, 3.05) is 5.43 Å². The molecule has 0 fully saturated rings.